The number of rotatable bonds is 7. The molecule has 4 aromatic rings. The Morgan fingerprint density at radius 1 is 1.12 bits per heavy atom. The van der Waals surface area contributed by atoms with E-state index in [0.29, 0.717) is 30.3 Å². The molecule has 0 spiro atoms. The minimum absolute atomic E-state index is 0.114. The van der Waals surface area contributed by atoms with Gasteiger partial charge in [-0.3, -0.25) is 0 Å². The molecule has 1 aliphatic rings. The minimum atomic E-state index is -4.53. The number of halogens is 3. The molecule has 0 bridgehead atoms. The highest BCUT2D eigenvalue weighted by atomic mass is 32.1. The van der Waals surface area contributed by atoms with Crippen molar-refractivity contribution in [1.82, 2.24) is 25.1 Å². The van der Waals surface area contributed by atoms with Crippen LogP contribution >= 0.6 is 11.3 Å². The van der Waals surface area contributed by atoms with Crippen molar-refractivity contribution in [2.75, 3.05) is 5.32 Å². The van der Waals surface area contributed by atoms with Crippen molar-refractivity contribution in [2.24, 2.45) is 0 Å². The third-order valence-corrected chi connectivity index (χ3v) is 6.19. The summed E-state index contributed by atoms with van der Waals surface area (Å²) in [6, 6.07) is 6.50. The van der Waals surface area contributed by atoms with E-state index in [9.17, 15) is 13.2 Å². The highest BCUT2D eigenvalue weighted by Crippen LogP contribution is 2.39. The molecule has 7 nitrogen and oxygen atoms in total. The number of alkyl halides is 3. The van der Waals surface area contributed by atoms with Crippen molar-refractivity contribution in [3.8, 4) is 10.4 Å². The molecule has 3 heterocycles. The third-order valence-electron chi connectivity index (χ3n) is 5.08. The van der Waals surface area contributed by atoms with E-state index in [1.165, 1.54) is 0 Å². The topological polar surface area (TPSA) is 89.6 Å². The SMILES string of the molecule is Cc1cc(Nc2nccc(C(F)(F)F)n2)cc(-c2cnc(CCc3nnc(C4CC4)o3)s2)c1. The number of aryl methyl sites for hydroxylation is 3. The number of nitrogens with one attached hydrogen (secondary N) is 1. The summed E-state index contributed by atoms with van der Waals surface area (Å²) in [5, 5.41) is 12.0. The Labute approximate surface area is 191 Å². The van der Waals surface area contributed by atoms with Gasteiger partial charge in [0.25, 0.3) is 0 Å². The van der Waals surface area contributed by atoms with Gasteiger partial charge in [0, 0.05) is 36.8 Å². The predicted octanol–water partition coefficient (Wildman–Crippen LogP) is 5.72. The minimum Gasteiger partial charge on any atom is -0.425 e. The molecule has 1 N–H and O–H groups in total. The van der Waals surface area contributed by atoms with Gasteiger partial charge in [-0.2, -0.15) is 13.2 Å². The first-order valence-corrected chi connectivity index (χ1v) is 11.2. The number of hydrogen-bond acceptors (Lipinski definition) is 8. The van der Waals surface area contributed by atoms with Gasteiger partial charge in [-0.25, -0.2) is 15.0 Å². The van der Waals surface area contributed by atoms with Crippen molar-refractivity contribution in [3.63, 3.8) is 0 Å². The summed E-state index contributed by atoms with van der Waals surface area (Å²) in [5.41, 5.74) is 1.45. The monoisotopic (exact) mass is 472 g/mol. The van der Waals surface area contributed by atoms with Crippen molar-refractivity contribution >= 4 is 23.0 Å². The van der Waals surface area contributed by atoms with Crippen LogP contribution in [0.15, 0.2) is 41.1 Å². The van der Waals surface area contributed by atoms with E-state index in [1.54, 1.807) is 17.5 Å². The first-order valence-electron chi connectivity index (χ1n) is 10.4. The van der Waals surface area contributed by atoms with Gasteiger partial charge in [0.05, 0.1) is 9.88 Å². The molecule has 11 heteroatoms. The van der Waals surface area contributed by atoms with Crippen molar-refractivity contribution in [3.05, 3.63) is 64.7 Å². The lowest BCUT2D eigenvalue weighted by Crippen LogP contribution is -2.10. The Kier molecular flexibility index (Phi) is 5.57. The molecular formula is C22H19F3N6OS. The maximum Gasteiger partial charge on any atom is 0.433 e. The average Bonchev–Trinajstić information content (AvgIpc) is 3.31. The van der Waals surface area contributed by atoms with Gasteiger partial charge in [0.15, 0.2) is 0 Å². The highest BCUT2D eigenvalue weighted by molar-refractivity contribution is 7.15. The lowest BCUT2D eigenvalue weighted by Gasteiger charge is -2.10. The molecule has 1 fully saturated rings. The summed E-state index contributed by atoms with van der Waals surface area (Å²) in [7, 11) is 0. The van der Waals surface area contributed by atoms with E-state index in [4.69, 9.17) is 4.42 Å². The molecule has 33 heavy (non-hydrogen) atoms. The quantitative estimate of drug-likeness (QED) is 0.368. The molecule has 3 aromatic heterocycles. The molecular weight excluding hydrogens is 453 g/mol. The zero-order valence-electron chi connectivity index (χ0n) is 17.6. The van der Waals surface area contributed by atoms with E-state index < -0.39 is 11.9 Å². The summed E-state index contributed by atoms with van der Waals surface area (Å²) in [5.74, 6) is 1.67. The molecule has 1 saturated carbocycles. The molecule has 0 atom stereocenters. The Balaban J connectivity index is 1.29. The van der Waals surface area contributed by atoms with Crippen LogP contribution < -0.4 is 5.32 Å². The number of thiazole rings is 1. The van der Waals surface area contributed by atoms with E-state index in [0.717, 1.165) is 52.0 Å². The summed E-state index contributed by atoms with van der Waals surface area (Å²) in [6.07, 6.45) is 1.89. The van der Waals surface area contributed by atoms with Crippen LogP contribution in [-0.4, -0.2) is 25.1 Å². The first kappa shape index (κ1) is 21.5. The molecule has 5 rings (SSSR count). The number of nitrogens with zero attached hydrogens (tertiary/aromatic N) is 5. The second-order valence-electron chi connectivity index (χ2n) is 7.90. The van der Waals surface area contributed by atoms with Gasteiger partial charge in [-0.05, 0) is 49.1 Å². The van der Waals surface area contributed by atoms with Crippen LogP contribution in [0.1, 0.15) is 46.8 Å². The Morgan fingerprint density at radius 2 is 1.97 bits per heavy atom. The zero-order chi connectivity index (χ0) is 23.0. The summed E-state index contributed by atoms with van der Waals surface area (Å²) in [4.78, 5) is 12.9. The van der Waals surface area contributed by atoms with Gasteiger partial charge in [-0.15, -0.1) is 21.5 Å². The van der Waals surface area contributed by atoms with Crippen molar-refractivity contribution in [2.45, 2.75) is 44.7 Å². The second-order valence-corrected chi connectivity index (χ2v) is 9.02. The van der Waals surface area contributed by atoms with Gasteiger partial charge >= 0.3 is 6.18 Å². The molecule has 1 aliphatic carbocycles. The highest BCUT2D eigenvalue weighted by Gasteiger charge is 2.33. The molecule has 0 unspecified atom stereocenters. The number of hydrogen-bond donors (Lipinski definition) is 1. The van der Waals surface area contributed by atoms with Crippen LogP contribution in [0.2, 0.25) is 0 Å². The van der Waals surface area contributed by atoms with Crippen molar-refractivity contribution < 1.29 is 17.6 Å². The third kappa shape index (κ3) is 5.19. The van der Waals surface area contributed by atoms with E-state index in [-0.39, 0.29) is 5.95 Å². The van der Waals surface area contributed by atoms with Gasteiger partial charge in [-0.1, -0.05) is 6.07 Å². The lowest BCUT2D eigenvalue weighted by molar-refractivity contribution is -0.141. The predicted molar refractivity (Wildman–Crippen MR) is 116 cm³/mol. The summed E-state index contributed by atoms with van der Waals surface area (Å²) in [6.45, 7) is 1.91. The molecule has 0 radical (unpaired) electrons. The Hall–Kier alpha value is -3.34. The van der Waals surface area contributed by atoms with E-state index in [1.807, 2.05) is 25.1 Å². The van der Waals surface area contributed by atoms with Crippen LogP contribution in [0.25, 0.3) is 10.4 Å². The maximum atomic E-state index is 12.9. The Morgan fingerprint density at radius 3 is 2.76 bits per heavy atom. The smallest absolute Gasteiger partial charge is 0.425 e. The second kappa shape index (κ2) is 8.54. The molecule has 0 aliphatic heterocycles. The Bertz CT molecular complexity index is 1280. The average molecular weight is 472 g/mol. The summed E-state index contributed by atoms with van der Waals surface area (Å²) >= 11 is 1.55. The lowest BCUT2D eigenvalue weighted by atomic mass is 10.1. The number of aromatic nitrogens is 5. The van der Waals surface area contributed by atoms with Crippen molar-refractivity contribution in [1.29, 1.82) is 0 Å². The normalized spacial score (nSPS) is 13.9. The largest absolute Gasteiger partial charge is 0.433 e. The van der Waals surface area contributed by atoms with Crippen LogP contribution in [0, 0.1) is 6.92 Å². The van der Waals surface area contributed by atoms with Crippen LogP contribution in [-0.2, 0) is 19.0 Å². The van der Waals surface area contributed by atoms with Gasteiger partial charge in [0.1, 0.15) is 5.69 Å². The standard InChI is InChI=1S/C22H19F3N6OS/c1-12-8-14(10-15(9-12)28-21-26-7-6-17(29-21)22(23,24)25)16-11-27-19(33-16)5-4-18-30-31-20(32-18)13-2-3-13/h6-11,13H,2-5H2,1H3,(H,26,28,29). The van der Waals surface area contributed by atoms with Crippen LogP contribution in [0.4, 0.5) is 24.8 Å². The van der Waals surface area contributed by atoms with E-state index >= 15 is 0 Å². The van der Waals surface area contributed by atoms with E-state index in [2.05, 4.69) is 30.5 Å². The van der Waals surface area contributed by atoms with Gasteiger partial charge in [0.2, 0.25) is 17.7 Å². The van der Waals surface area contributed by atoms with Gasteiger partial charge < -0.3 is 9.73 Å². The summed E-state index contributed by atoms with van der Waals surface area (Å²) < 4.78 is 44.5. The zero-order valence-corrected chi connectivity index (χ0v) is 18.4. The maximum absolute atomic E-state index is 12.9. The van der Waals surface area contributed by atoms with Crippen LogP contribution in [0.5, 0.6) is 0 Å². The molecule has 0 saturated heterocycles. The van der Waals surface area contributed by atoms with Crippen LogP contribution in [0.3, 0.4) is 0 Å². The molecule has 0 amide bonds. The fourth-order valence-corrected chi connectivity index (χ4v) is 4.24. The number of benzene rings is 1. The first-order chi connectivity index (χ1) is 15.8. The fraction of sp³-hybridized carbons (Fsp3) is 0.318. The number of anilines is 2. The molecule has 1 aromatic carbocycles. The molecule has 170 valence electrons. The fourth-order valence-electron chi connectivity index (χ4n) is 3.34.